The molecule has 3 aliphatic rings. The number of nitriles is 1. The summed E-state index contributed by atoms with van der Waals surface area (Å²) < 4.78 is 29.3. The Balaban J connectivity index is 1.45. The van der Waals surface area contributed by atoms with E-state index in [0.717, 1.165) is 28.8 Å². The first kappa shape index (κ1) is 23.5. The lowest BCUT2D eigenvalue weighted by Gasteiger charge is -2.21. The summed E-state index contributed by atoms with van der Waals surface area (Å²) in [5, 5.41) is 15.6. The summed E-state index contributed by atoms with van der Waals surface area (Å²) in [5.41, 5.74) is 2.08. The SMILES string of the molecule is Cc1c(C#N)cccc1[C@@H](C)NC(=O)c1cn([C@@H]2[C@@H](C)C2(F)F)c(=O)cc1N[C@@H]1[C@@H]2CN(C)C[C@@H]21. The number of alkyl halides is 2. The highest BCUT2D eigenvalue weighted by molar-refractivity contribution is 5.99. The minimum atomic E-state index is -2.98. The van der Waals surface area contributed by atoms with Crippen molar-refractivity contribution < 1.29 is 13.6 Å². The van der Waals surface area contributed by atoms with E-state index < -0.39 is 35.4 Å². The first-order valence-electron chi connectivity index (χ1n) is 11.9. The van der Waals surface area contributed by atoms with E-state index in [4.69, 9.17) is 0 Å². The van der Waals surface area contributed by atoms with Gasteiger partial charge in [0.1, 0.15) is 6.04 Å². The van der Waals surface area contributed by atoms with E-state index in [1.807, 2.05) is 19.9 Å². The van der Waals surface area contributed by atoms with Crippen LogP contribution >= 0.6 is 0 Å². The number of fused-ring (bicyclic) bond motifs is 1. The molecule has 1 saturated heterocycles. The largest absolute Gasteiger partial charge is 0.381 e. The van der Waals surface area contributed by atoms with E-state index in [9.17, 15) is 23.6 Å². The number of benzene rings is 1. The molecule has 184 valence electrons. The Hall–Kier alpha value is -3.25. The molecule has 9 heteroatoms. The zero-order valence-corrected chi connectivity index (χ0v) is 20.2. The molecular formula is C26H29F2N5O2. The number of halogens is 2. The van der Waals surface area contributed by atoms with Crippen LogP contribution in [0, 0.1) is 36.0 Å². The molecule has 1 aromatic heterocycles. The van der Waals surface area contributed by atoms with E-state index in [1.54, 1.807) is 12.1 Å². The zero-order valence-electron chi connectivity index (χ0n) is 20.2. The van der Waals surface area contributed by atoms with Gasteiger partial charge in [0.05, 0.1) is 28.9 Å². The molecule has 5 rings (SSSR count). The van der Waals surface area contributed by atoms with Crippen LogP contribution < -0.4 is 16.2 Å². The van der Waals surface area contributed by atoms with Crippen molar-refractivity contribution in [2.24, 2.45) is 17.8 Å². The number of hydrogen-bond donors (Lipinski definition) is 2. The van der Waals surface area contributed by atoms with Gasteiger partial charge in [0.25, 0.3) is 17.4 Å². The normalized spacial score (nSPS) is 29.1. The van der Waals surface area contributed by atoms with E-state index >= 15 is 0 Å². The van der Waals surface area contributed by atoms with Crippen molar-refractivity contribution in [1.29, 1.82) is 5.26 Å². The van der Waals surface area contributed by atoms with Gasteiger partial charge >= 0.3 is 0 Å². The summed E-state index contributed by atoms with van der Waals surface area (Å²) in [6, 6.07) is 7.21. The highest BCUT2D eigenvalue weighted by atomic mass is 19.3. The van der Waals surface area contributed by atoms with Crippen LogP contribution in [-0.4, -0.2) is 47.5 Å². The fourth-order valence-corrected chi connectivity index (χ4v) is 5.68. The predicted molar refractivity (Wildman–Crippen MR) is 128 cm³/mol. The van der Waals surface area contributed by atoms with Gasteiger partial charge in [-0.2, -0.15) is 5.26 Å². The van der Waals surface area contributed by atoms with Gasteiger partial charge in [0.2, 0.25) is 0 Å². The van der Waals surface area contributed by atoms with Crippen molar-refractivity contribution in [2.45, 2.75) is 44.8 Å². The standard InChI is InChI=1S/C26H29F2N5O2/c1-13-16(9-29)6-5-7-17(13)15(3)30-25(35)20-12-33(24-14(2)26(24,27)28)22(34)8-21(20)31-23-18-10-32(4)11-19(18)23/h5-8,12,14-15,18-19,23-24,31H,10-11H2,1-4H3,(H,30,35)/t14-,15-,18-,19+,23-,24-/m1/s1. The van der Waals surface area contributed by atoms with E-state index in [0.29, 0.717) is 23.1 Å². The molecule has 6 atom stereocenters. The second-order valence-corrected chi connectivity index (χ2v) is 10.3. The molecule has 1 aromatic carbocycles. The van der Waals surface area contributed by atoms with Gasteiger partial charge in [-0.15, -0.1) is 0 Å². The number of nitrogens with one attached hydrogen (secondary N) is 2. The maximum atomic E-state index is 14.1. The molecule has 0 unspecified atom stereocenters. The number of nitrogens with zero attached hydrogens (tertiary/aromatic N) is 3. The third kappa shape index (κ3) is 3.90. The smallest absolute Gasteiger partial charge is 0.273 e. The summed E-state index contributed by atoms with van der Waals surface area (Å²) in [6.07, 6.45) is 1.28. The molecule has 0 bridgehead atoms. The number of anilines is 1. The summed E-state index contributed by atoms with van der Waals surface area (Å²) in [4.78, 5) is 28.5. The van der Waals surface area contributed by atoms with Crippen LogP contribution in [0.3, 0.4) is 0 Å². The highest BCUT2D eigenvalue weighted by Gasteiger charge is 2.67. The fourth-order valence-electron chi connectivity index (χ4n) is 5.68. The number of carbonyl (C=O) groups is 1. The topological polar surface area (TPSA) is 90.2 Å². The van der Waals surface area contributed by atoms with Crippen molar-refractivity contribution in [1.82, 2.24) is 14.8 Å². The van der Waals surface area contributed by atoms with E-state index in [1.165, 1.54) is 19.2 Å². The molecule has 0 spiro atoms. The van der Waals surface area contributed by atoms with Crippen molar-refractivity contribution in [3.8, 4) is 6.07 Å². The number of hydrogen-bond acceptors (Lipinski definition) is 5. The second-order valence-electron chi connectivity index (χ2n) is 10.3. The van der Waals surface area contributed by atoms with Gasteiger partial charge in [0.15, 0.2) is 0 Å². The Morgan fingerprint density at radius 1 is 1.29 bits per heavy atom. The molecule has 2 heterocycles. The third-order valence-electron chi connectivity index (χ3n) is 8.00. The maximum absolute atomic E-state index is 14.1. The van der Waals surface area contributed by atoms with Crippen LogP contribution in [0.5, 0.6) is 0 Å². The summed E-state index contributed by atoms with van der Waals surface area (Å²) in [7, 11) is 2.06. The van der Waals surface area contributed by atoms with Gasteiger partial charge in [-0.25, -0.2) is 8.78 Å². The third-order valence-corrected chi connectivity index (χ3v) is 8.00. The molecule has 2 aliphatic carbocycles. The average Bonchev–Trinajstić information content (AvgIpc) is 3.48. The molecule has 35 heavy (non-hydrogen) atoms. The average molecular weight is 482 g/mol. The van der Waals surface area contributed by atoms with Crippen LogP contribution in [0.25, 0.3) is 0 Å². The number of piperidine rings is 1. The van der Waals surface area contributed by atoms with Crippen LogP contribution in [0.15, 0.2) is 35.3 Å². The number of carbonyl (C=O) groups excluding carboxylic acids is 1. The minimum absolute atomic E-state index is 0.154. The zero-order chi connectivity index (χ0) is 25.2. The molecule has 3 fully saturated rings. The quantitative estimate of drug-likeness (QED) is 0.661. The highest BCUT2D eigenvalue weighted by Crippen LogP contribution is 2.58. The summed E-state index contributed by atoms with van der Waals surface area (Å²) in [5.74, 6) is -3.52. The Morgan fingerprint density at radius 2 is 1.94 bits per heavy atom. The van der Waals surface area contributed by atoms with Gasteiger partial charge in [0, 0.05) is 37.3 Å². The minimum Gasteiger partial charge on any atom is -0.381 e. The first-order chi connectivity index (χ1) is 16.5. The van der Waals surface area contributed by atoms with Crippen LogP contribution in [0.4, 0.5) is 14.5 Å². The lowest BCUT2D eigenvalue weighted by Crippen LogP contribution is -2.32. The van der Waals surface area contributed by atoms with Gasteiger partial charge < -0.3 is 20.1 Å². The Morgan fingerprint density at radius 3 is 2.54 bits per heavy atom. The van der Waals surface area contributed by atoms with Gasteiger partial charge in [-0.3, -0.25) is 9.59 Å². The second kappa shape index (κ2) is 8.16. The molecule has 0 radical (unpaired) electrons. The molecule has 7 nitrogen and oxygen atoms in total. The van der Waals surface area contributed by atoms with Crippen LogP contribution in [0.2, 0.25) is 0 Å². The maximum Gasteiger partial charge on any atom is 0.273 e. The van der Waals surface area contributed by atoms with Crippen LogP contribution in [-0.2, 0) is 0 Å². The van der Waals surface area contributed by atoms with E-state index in [2.05, 4.69) is 28.7 Å². The summed E-state index contributed by atoms with van der Waals surface area (Å²) >= 11 is 0. The summed E-state index contributed by atoms with van der Waals surface area (Å²) in [6.45, 7) is 6.92. The van der Waals surface area contributed by atoms with Gasteiger partial charge in [-0.1, -0.05) is 19.1 Å². The number of likely N-dealkylation sites (tertiary alicyclic amines) is 1. The monoisotopic (exact) mass is 481 g/mol. The van der Waals surface area contributed by atoms with Crippen molar-refractivity contribution in [3.63, 3.8) is 0 Å². The van der Waals surface area contributed by atoms with Crippen LogP contribution in [0.1, 0.15) is 53.0 Å². The molecule has 1 aliphatic heterocycles. The number of aromatic nitrogens is 1. The van der Waals surface area contributed by atoms with Crippen molar-refractivity contribution in [3.05, 3.63) is 63.1 Å². The number of rotatable bonds is 6. The van der Waals surface area contributed by atoms with Crippen molar-refractivity contribution in [2.75, 3.05) is 25.5 Å². The molecule has 2 N–H and O–H groups in total. The molecule has 2 saturated carbocycles. The fraction of sp³-hybridized carbons (Fsp3) is 0.500. The van der Waals surface area contributed by atoms with Crippen molar-refractivity contribution >= 4 is 11.6 Å². The Kier molecular flexibility index (Phi) is 5.48. The first-order valence-corrected chi connectivity index (χ1v) is 11.9. The predicted octanol–water partition coefficient (Wildman–Crippen LogP) is 3.32. The molecular weight excluding hydrogens is 452 g/mol. The molecule has 1 amide bonds. The lowest BCUT2D eigenvalue weighted by molar-refractivity contribution is 0.0868. The lowest BCUT2D eigenvalue weighted by atomic mass is 9.98. The van der Waals surface area contributed by atoms with E-state index in [-0.39, 0.29) is 11.6 Å². The molecule has 2 aromatic rings. The van der Waals surface area contributed by atoms with Gasteiger partial charge in [-0.05, 0) is 49.9 Å². The Bertz CT molecular complexity index is 1290. The Labute approximate surface area is 202 Å². The number of pyridine rings is 1. The number of amides is 1.